The van der Waals surface area contributed by atoms with Gasteiger partial charge in [0.15, 0.2) is 0 Å². The SMILES string of the molecule is O=C(O)Cn1cc(C(F)(F)F)cc(C(F)(F)F)c1=O. The van der Waals surface area contributed by atoms with E-state index in [-0.39, 0.29) is 16.8 Å². The molecule has 106 valence electrons. The maximum atomic E-state index is 12.4. The van der Waals surface area contributed by atoms with Crippen molar-refractivity contribution in [3.05, 3.63) is 33.7 Å². The van der Waals surface area contributed by atoms with Crippen molar-refractivity contribution in [2.24, 2.45) is 0 Å². The largest absolute Gasteiger partial charge is 0.480 e. The van der Waals surface area contributed by atoms with E-state index in [2.05, 4.69) is 0 Å². The van der Waals surface area contributed by atoms with E-state index in [9.17, 15) is 35.9 Å². The molecule has 19 heavy (non-hydrogen) atoms. The fraction of sp³-hybridized carbons (Fsp3) is 0.333. The molecule has 0 aliphatic rings. The molecular formula is C9H5F6NO3. The van der Waals surface area contributed by atoms with Crippen LogP contribution in [0, 0.1) is 0 Å². The van der Waals surface area contributed by atoms with Gasteiger partial charge in [0.1, 0.15) is 12.1 Å². The lowest BCUT2D eigenvalue weighted by atomic mass is 10.2. The summed E-state index contributed by atoms with van der Waals surface area (Å²) in [4.78, 5) is 21.6. The summed E-state index contributed by atoms with van der Waals surface area (Å²) >= 11 is 0. The molecule has 1 aromatic heterocycles. The molecule has 1 N–H and O–H groups in total. The molecule has 0 saturated heterocycles. The summed E-state index contributed by atoms with van der Waals surface area (Å²) in [5.74, 6) is -1.74. The zero-order valence-electron chi connectivity index (χ0n) is 8.84. The van der Waals surface area contributed by atoms with Gasteiger partial charge >= 0.3 is 18.3 Å². The molecule has 0 aliphatic heterocycles. The molecule has 0 unspecified atom stereocenters. The van der Waals surface area contributed by atoms with E-state index in [0.717, 1.165) is 0 Å². The third-order valence-electron chi connectivity index (χ3n) is 2.02. The van der Waals surface area contributed by atoms with Crippen molar-refractivity contribution in [3.8, 4) is 0 Å². The zero-order valence-corrected chi connectivity index (χ0v) is 8.84. The highest BCUT2D eigenvalue weighted by atomic mass is 19.4. The number of carbonyl (C=O) groups is 1. The molecule has 0 amide bonds. The van der Waals surface area contributed by atoms with E-state index in [1.54, 1.807) is 0 Å². The number of carboxylic acids is 1. The van der Waals surface area contributed by atoms with Gasteiger partial charge in [0.05, 0.1) is 5.56 Å². The molecule has 4 nitrogen and oxygen atoms in total. The molecule has 0 atom stereocenters. The highest BCUT2D eigenvalue weighted by molar-refractivity contribution is 5.66. The number of aliphatic carboxylic acids is 1. The Hall–Kier alpha value is -2.00. The van der Waals surface area contributed by atoms with Gasteiger partial charge in [-0.1, -0.05) is 0 Å². The summed E-state index contributed by atoms with van der Waals surface area (Å²) < 4.78 is 74.2. The molecule has 0 aromatic carbocycles. The number of hydrogen-bond acceptors (Lipinski definition) is 2. The highest BCUT2D eigenvalue weighted by Crippen LogP contribution is 2.33. The predicted octanol–water partition coefficient (Wildman–Crippen LogP) is 1.97. The molecule has 0 fully saturated rings. The number of rotatable bonds is 2. The minimum absolute atomic E-state index is 0.0334. The molecular weight excluding hydrogens is 284 g/mol. The maximum Gasteiger partial charge on any atom is 0.421 e. The number of hydrogen-bond donors (Lipinski definition) is 1. The van der Waals surface area contributed by atoms with Crippen LogP contribution in [-0.4, -0.2) is 15.6 Å². The van der Waals surface area contributed by atoms with Crippen LogP contribution in [-0.2, 0) is 23.7 Å². The van der Waals surface area contributed by atoms with Crippen molar-refractivity contribution >= 4 is 5.97 Å². The van der Waals surface area contributed by atoms with E-state index in [4.69, 9.17) is 5.11 Å². The van der Waals surface area contributed by atoms with Gasteiger partial charge in [0, 0.05) is 6.20 Å². The van der Waals surface area contributed by atoms with Crippen LogP contribution in [0.4, 0.5) is 26.3 Å². The Labute approximate surface area is 100 Å². The minimum atomic E-state index is -5.31. The first-order chi connectivity index (χ1) is 8.43. The number of aromatic nitrogens is 1. The van der Waals surface area contributed by atoms with Gasteiger partial charge in [0.25, 0.3) is 5.56 Å². The number of nitrogens with zero attached hydrogens (tertiary/aromatic N) is 1. The number of carboxylic acid groups (broad SMARTS) is 1. The molecule has 1 aromatic rings. The van der Waals surface area contributed by atoms with Crippen LogP contribution in [0.15, 0.2) is 17.1 Å². The fourth-order valence-corrected chi connectivity index (χ4v) is 1.26. The van der Waals surface area contributed by atoms with Gasteiger partial charge in [0.2, 0.25) is 0 Å². The fourth-order valence-electron chi connectivity index (χ4n) is 1.26. The molecule has 0 radical (unpaired) electrons. The monoisotopic (exact) mass is 289 g/mol. The second-order valence-electron chi connectivity index (χ2n) is 3.46. The Kier molecular flexibility index (Phi) is 3.64. The Morgan fingerprint density at radius 1 is 1.16 bits per heavy atom. The van der Waals surface area contributed by atoms with Gasteiger partial charge in [-0.3, -0.25) is 9.59 Å². The summed E-state index contributed by atoms with van der Waals surface area (Å²) in [6.07, 6.45) is -10.4. The molecule has 1 rings (SSSR count). The van der Waals surface area contributed by atoms with Crippen LogP contribution in [0.25, 0.3) is 0 Å². The molecule has 0 aliphatic carbocycles. The third-order valence-corrected chi connectivity index (χ3v) is 2.02. The summed E-state index contributed by atoms with van der Waals surface area (Å²) in [5.41, 5.74) is -5.66. The van der Waals surface area contributed by atoms with Gasteiger partial charge < -0.3 is 9.67 Å². The molecule has 0 spiro atoms. The first-order valence-corrected chi connectivity index (χ1v) is 4.53. The molecule has 0 saturated carbocycles. The number of alkyl halides is 6. The van der Waals surface area contributed by atoms with Crippen molar-refractivity contribution < 1.29 is 36.2 Å². The summed E-state index contributed by atoms with van der Waals surface area (Å²) in [5, 5.41) is 8.36. The van der Waals surface area contributed by atoms with Crippen molar-refractivity contribution in [1.29, 1.82) is 0 Å². The van der Waals surface area contributed by atoms with Crippen LogP contribution in [0.5, 0.6) is 0 Å². The van der Waals surface area contributed by atoms with E-state index in [1.807, 2.05) is 0 Å². The second-order valence-corrected chi connectivity index (χ2v) is 3.46. The average molecular weight is 289 g/mol. The van der Waals surface area contributed by atoms with E-state index in [0.29, 0.717) is 0 Å². The predicted molar refractivity (Wildman–Crippen MR) is 48.3 cm³/mol. The lowest BCUT2D eigenvalue weighted by molar-refractivity contribution is -0.146. The van der Waals surface area contributed by atoms with Crippen molar-refractivity contribution in [1.82, 2.24) is 4.57 Å². The Balaban J connectivity index is 3.57. The average Bonchev–Trinajstić information content (AvgIpc) is 2.16. The van der Waals surface area contributed by atoms with Crippen molar-refractivity contribution in [3.63, 3.8) is 0 Å². The minimum Gasteiger partial charge on any atom is -0.480 e. The van der Waals surface area contributed by atoms with Crippen LogP contribution in [0.3, 0.4) is 0 Å². The Morgan fingerprint density at radius 3 is 2.05 bits per heavy atom. The first-order valence-electron chi connectivity index (χ1n) is 4.53. The normalized spacial score (nSPS) is 12.5. The first kappa shape index (κ1) is 15.1. The van der Waals surface area contributed by atoms with E-state index in [1.165, 1.54) is 0 Å². The lowest BCUT2D eigenvalue weighted by Crippen LogP contribution is -2.32. The van der Waals surface area contributed by atoms with Crippen molar-refractivity contribution in [2.75, 3.05) is 0 Å². The van der Waals surface area contributed by atoms with E-state index < -0.39 is 41.6 Å². The summed E-state index contributed by atoms with van der Waals surface area (Å²) in [7, 11) is 0. The van der Waals surface area contributed by atoms with Crippen molar-refractivity contribution in [2.45, 2.75) is 18.9 Å². The molecule has 1 heterocycles. The highest BCUT2D eigenvalue weighted by Gasteiger charge is 2.39. The van der Waals surface area contributed by atoms with Gasteiger partial charge in [-0.25, -0.2) is 0 Å². The summed E-state index contributed by atoms with van der Waals surface area (Å²) in [6.45, 7) is -1.30. The standard InChI is InChI=1S/C9H5F6NO3/c10-8(11,12)4-1-5(9(13,14)15)7(19)16(2-4)3-6(17)18/h1-2H,3H2,(H,17,18). The van der Waals surface area contributed by atoms with Crippen LogP contribution in [0.1, 0.15) is 11.1 Å². The third kappa shape index (κ3) is 3.48. The number of halogens is 6. The quantitative estimate of drug-likeness (QED) is 0.847. The smallest absolute Gasteiger partial charge is 0.421 e. The van der Waals surface area contributed by atoms with Crippen LogP contribution in [0.2, 0.25) is 0 Å². The van der Waals surface area contributed by atoms with Crippen LogP contribution >= 0.6 is 0 Å². The van der Waals surface area contributed by atoms with Crippen LogP contribution < -0.4 is 5.56 Å². The molecule has 10 heteroatoms. The second kappa shape index (κ2) is 4.59. The van der Waals surface area contributed by atoms with E-state index >= 15 is 0 Å². The van der Waals surface area contributed by atoms with Gasteiger partial charge in [-0.15, -0.1) is 0 Å². The lowest BCUT2D eigenvalue weighted by Gasteiger charge is -2.14. The Morgan fingerprint density at radius 2 is 1.68 bits per heavy atom. The summed E-state index contributed by atoms with van der Waals surface area (Å²) in [6, 6.07) is -0.347. The van der Waals surface area contributed by atoms with Gasteiger partial charge in [-0.05, 0) is 6.07 Å². The van der Waals surface area contributed by atoms with Gasteiger partial charge in [-0.2, -0.15) is 26.3 Å². The maximum absolute atomic E-state index is 12.4. The Bertz CT molecular complexity index is 557. The number of pyridine rings is 1. The molecule has 0 bridgehead atoms. The zero-order chi connectivity index (χ0) is 15.0. The topological polar surface area (TPSA) is 59.3 Å².